The number of phenolic OH excluding ortho intramolecular Hbond substituents is 1. The first-order valence-electron chi connectivity index (χ1n) is 4.60. The zero-order valence-corrected chi connectivity index (χ0v) is 12.3. The van der Waals surface area contributed by atoms with Gasteiger partial charge in [0.05, 0.1) is 15.5 Å². The molecule has 1 aliphatic heterocycles. The summed E-state index contributed by atoms with van der Waals surface area (Å²) in [5, 5.41) is 14.6. The van der Waals surface area contributed by atoms with E-state index in [1.54, 1.807) is 24.4 Å². The summed E-state index contributed by atoms with van der Waals surface area (Å²) >= 11 is 8.32. The lowest BCUT2D eigenvalue weighted by molar-refractivity contribution is -0.123. The molecule has 1 heterocycles. The highest BCUT2D eigenvalue weighted by molar-refractivity contribution is 14.1. The van der Waals surface area contributed by atoms with Crippen LogP contribution in [0.4, 0.5) is 0 Å². The number of aromatic hydroxyl groups is 1. The van der Waals surface area contributed by atoms with Gasteiger partial charge in [-0.1, -0.05) is 24.0 Å². The van der Waals surface area contributed by atoms with Crippen LogP contribution in [0.5, 0.6) is 5.75 Å². The molecule has 1 aromatic carbocycles. The maximum Gasteiger partial charge on any atom is 0.259 e. The van der Waals surface area contributed by atoms with Crippen molar-refractivity contribution in [3.05, 3.63) is 27.3 Å². The Kier molecular flexibility index (Phi) is 4.00. The number of benzene rings is 1. The van der Waals surface area contributed by atoms with Gasteiger partial charge in [0.25, 0.3) is 5.91 Å². The van der Waals surface area contributed by atoms with Crippen molar-refractivity contribution < 1.29 is 9.90 Å². The van der Waals surface area contributed by atoms with Gasteiger partial charge in [-0.05, 0) is 46.4 Å². The number of amides is 1. The van der Waals surface area contributed by atoms with Gasteiger partial charge >= 0.3 is 0 Å². The predicted molar refractivity (Wildman–Crippen MR) is 80.3 cm³/mol. The van der Waals surface area contributed by atoms with E-state index in [-0.39, 0.29) is 11.7 Å². The van der Waals surface area contributed by atoms with Crippen molar-refractivity contribution in [2.75, 3.05) is 5.75 Å². The number of phenols is 1. The van der Waals surface area contributed by atoms with Crippen molar-refractivity contribution in [3.63, 3.8) is 0 Å². The highest BCUT2D eigenvalue weighted by Crippen LogP contribution is 2.21. The van der Waals surface area contributed by atoms with Crippen LogP contribution in [0.3, 0.4) is 0 Å². The molecule has 4 nitrogen and oxygen atoms in total. The van der Waals surface area contributed by atoms with E-state index in [0.29, 0.717) is 10.1 Å². The summed E-state index contributed by atoms with van der Waals surface area (Å²) < 4.78 is 1.20. The van der Waals surface area contributed by atoms with Crippen LogP contribution < -0.4 is 0 Å². The zero-order chi connectivity index (χ0) is 12.4. The van der Waals surface area contributed by atoms with E-state index in [9.17, 15) is 9.90 Å². The number of rotatable bonds is 2. The van der Waals surface area contributed by atoms with Crippen LogP contribution in [0.25, 0.3) is 0 Å². The predicted octanol–water partition coefficient (Wildman–Crippen LogP) is 2.19. The third kappa shape index (κ3) is 2.96. The molecule has 0 unspecified atom stereocenters. The van der Waals surface area contributed by atoms with E-state index in [1.807, 2.05) is 22.6 Å². The molecule has 1 aliphatic rings. The third-order valence-electron chi connectivity index (χ3n) is 2.02. The largest absolute Gasteiger partial charge is 0.507 e. The molecule has 1 saturated heterocycles. The van der Waals surface area contributed by atoms with Crippen LogP contribution in [0.1, 0.15) is 5.56 Å². The molecule has 7 heteroatoms. The van der Waals surface area contributed by atoms with Crippen LogP contribution in [0.15, 0.2) is 23.3 Å². The number of hydrazone groups is 1. The first-order valence-corrected chi connectivity index (χ1v) is 7.07. The molecule has 0 spiro atoms. The normalized spacial score (nSPS) is 16.2. The van der Waals surface area contributed by atoms with Gasteiger partial charge in [-0.2, -0.15) is 10.1 Å². The number of thiocarbonyl (C=S) groups is 1. The smallest absolute Gasteiger partial charge is 0.259 e. The second kappa shape index (κ2) is 5.32. The Labute approximate surface area is 121 Å². The second-order valence-electron chi connectivity index (χ2n) is 3.22. The van der Waals surface area contributed by atoms with Gasteiger partial charge in [-0.15, -0.1) is 0 Å². The number of hydrogen-bond acceptors (Lipinski definition) is 5. The monoisotopic (exact) mass is 378 g/mol. The van der Waals surface area contributed by atoms with E-state index in [1.165, 1.54) is 16.8 Å². The maximum atomic E-state index is 11.4. The minimum atomic E-state index is -0.107. The quantitative estimate of drug-likeness (QED) is 0.487. The van der Waals surface area contributed by atoms with Crippen molar-refractivity contribution >= 4 is 63.0 Å². The Morgan fingerprint density at radius 2 is 2.35 bits per heavy atom. The van der Waals surface area contributed by atoms with Gasteiger partial charge in [0.15, 0.2) is 4.32 Å². The van der Waals surface area contributed by atoms with E-state index >= 15 is 0 Å². The zero-order valence-electron chi connectivity index (χ0n) is 8.46. The fourth-order valence-electron chi connectivity index (χ4n) is 1.19. The molecule has 17 heavy (non-hydrogen) atoms. The summed E-state index contributed by atoms with van der Waals surface area (Å²) in [5.41, 5.74) is 0.805. The molecule has 0 bridgehead atoms. The molecule has 1 N–H and O–H groups in total. The molecule has 1 amide bonds. The Morgan fingerprint density at radius 1 is 1.59 bits per heavy atom. The fourth-order valence-corrected chi connectivity index (χ4v) is 2.69. The molecule has 0 aliphatic carbocycles. The number of thioether (sulfide) groups is 1. The van der Waals surface area contributed by atoms with Crippen LogP contribution in [0.2, 0.25) is 0 Å². The van der Waals surface area contributed by atoms with Gasteiger partial charge in [-0.25, -0.2) is 0 Å². The lowest BCUT2D eigenvalue weighted by Gasteiger charge is -2.06. The standard InChI is InChI=1S/C10H7IN2O2S2/c11-7-3-6(1-2-8(7)14)4-12-13-9(15)5-17-10(13)16/h1-4,14H,5H2/b12-4-. The Morgan fingerprint density at radius 3 is 2.94 bits per heavy atom. The van der Waals surface area contributed by atoms with E-state index in [4.69, 9.17) is 12.2 Å². The Balaban J connectivity index is 2.17. The van der Waals surface area contributed by atoms with Crippen molar-refractivity contribution in [2.45, 2.75) is 0 Å². The summed E-state index contributed by atoms with van der Waals surface area (Å²) in [6, 6.07) is 5.08. The Bertz CT molecular complexity index is 503. The van der Waals surface area contributed by atoms with Crippen molar-refractivity contribution in [1.29, 1.82) is 0 Å². The lowest BCUT2D eigenvalue weighted by Crippen LogP contribution is -2.22. The number of carbonyl (C=O) groups is 1. The number of carbonyl (C=O) groups excluding carboxylic acids is 1. The van der Waals surface area contributed by atoms with Crippen LogP contribution in [0, 0.1) is 3.57 Å². The van der Waals surface area contributed by atoms with E-state index < -0.39 is 0 Å². The van der Waals surface area contributed by atoms with Gasteiger partial charge in [0, 0.05) is 0 Å². The second-order valence-corrected chi connectivity index (χ2v) is 5.99. The SMILES string of the molecule is O=C1CSC(=S)N1/N=C\c1ccc(O)c(I)c1. The van der Waals surface area contributed by atoms with Gasteiger partial charge in [0.1, 0.15) is 5.75 Å². The molecule has 0 atom stereocenters. The molecule has 1 fully saturated rings. The van der Waals surface area contributed by atoms with Gasteiger partial charge in [-0.3, -0.25) is 4.79 Å². The van der Waals surface area contributed by atoms with Crippen LogP contribution in [-0.4, -0.2) is 32.3 Å². The maximum absolute atomic E-state index is 11.4. The van der Waals surface area contributed by atoms with Crippen molar-refractivity contribution in [3.8, 4) is 5.75 Å². The number of halogens is 1. The summed E-state index contributed by atoms with van der Waals surface area (Å²) in [7, 11) is 0. The average Bonchev–Trinajstić information content (AvgIpc) is 2.61. The molecule has 2 rings (SSSR count). The minimum Gasteiger partial charge on any atom is -0.507 e. The van der Waals surface area contributed by atoms with Gasteiger partial charge < -0.3 is 5.11 Å². The molecule has 88 valence electrons. The lowest BCUT2D eigenvalue weighted by atomic mass is 10.2. The van der Waals surface area contributed by atoms with E-state index in [0.717, 1.165) is 9.13 Å². The fraction of sp³-hybridized carbons (Fsp3) is 0.100. The molecule has 0 aromatic heterocycles. The summed E-state index contributed by atoms with van der Waals surface area (Å²) in [6.07, 6.45) is 1.55. The Hall–Kier alpha value is -0.670. The molecule has 0 radical (unpaired) electrons. The van der Waals surface area contributed by atoms with Gasteiger partial charge in [0.2, 0.25) is 0 Å². The number of hydrogen-bond donors (Lipinski definition) is 1. The summed E-state index contributed by atoms with van der Waals surface area (Å²) in [4.78, 5) is 11.4. The topological polar surface area (TPSA) is 52.9 Å². The van der Waals surface area contributed by atoms with Crippen molar-refractivity contribution in [2.24, 2.45) is 5.10 Å². The molecule has 0 saturated carbocycles. The minimum absolute atomic E-state index is 0.107. The average molecular weight is 378 g/mol. The molecular formula is C10H7IN2O2S2. The molecular weight excluding hydrogens is 371 g/mol. The van der Waals surface area contributed by atoms with Crippen LogP contribution in [-0.2, 0) is 4.79 Å². The van der Waals surface area contributed by atoms with Crippen molar-refractivity contribution in [1.82, 2.24) is 5.01 Å². The summed E-state index contributed by atoms with van der Waals surface area (Å²) in [5.74, 6) is 0.472. The first-order chi connectivity index (χ1) is 8.08. The highest BCUT2D eigenvalue weighted by atomic mass is 127. The third-order valence-corrected chi connectivity index (χ3v) is 4.22. The van der Waals surface area contributed by atoms with Crippen LogP contribution >= 0.6 is 46.6 Å². The highest BCUT2D eigenvalue weighted by Gasteiger charge is 2.25. The van der Waals surface area contributed by atoms with E-state index in [2.05, 4.69) is 5.10 Å². The summed E-state index contributed by atoms with van der Waals surface area (Å²) in [6.45, 7) is 0. The first kappa shape index (κ1) is 12.8. The molecule has 1 aromatic rings. The number of nitrogens with zero attached hydrogens (tertiary/aromatic N) is 2.